The molecule has 1 spiro atoms. The maximum Gasteiger partial charge on any atom is 0.168 e. The van der Waals surface area contributed by atoms with Crippen molar-refractivity contribution in [3.63, 3.8) is 0 Å². The Kier molecular flexibility index (Phi) is 3.68. The Balaban J connectivity index is 1.85. The van der Waals surface area contributed by atoms with E-state index >= 15 is 0 Å². The number of hydrogen-bond acceptors (Lipinski definition) is 2. The Morgan fingerprint density at radius 1 is 1.13 bits per heavy atom. The van der Waals surface area contributed by atoms with Crippen LogP contribution in [0.15, 0.2) is 0 Å². The molecule has 2 nitrogen and oxygen atoms in total. The molecule has 2 fully saturated rings. The summed E-state index contributed by atoms with van der Waals surface area (Å²) < 4.78 is 12.0. The molecule has 0 aromatic heterocycles. The predicted octanol–water partition coefficient (Wildman–Crippen LogP) is 3.36. The van der Waals surface area contributed by atoms with Crippen LogP contribution in [0.1, 0.15) is 52.4 Å². The van der Waals surface area contributed by atoms with Crippen molar-refractivity contribution in [3.8, 4) is 0 Å². The quantitative estimate of drug-likeness (QED) is 0.699. The normalized spacial score (nSPS) is 29.2. The highest BCUT2D eigenvalue weighted by atomic mass is 16.7. The summed E-state index contributed by atoms with van der Waals surface area (Å²) in [7, 11) is 0. The first kappa shape index (κ1) is 11.4. The van der Waals surface area contributed by atoms with Crippen LogP contribution in [0.2, 0.25) is 0 Å². The third kappa shape index (κ3) is 2.54. The third-order valence-corrected chi connectivity index (χ3v) is 4.18. The summed E-state index contributed by atoms with van der Waals surface area (Å²) in [5.41, 5.74) is 0. The summed E-state index contributed by atoms with van der Waals surface area (Å²) in [6.45, 7) is 6.37. The van der Waals surface area contributed by atoms with E-state index < -0.39 is 0 Å². The van der Waals surface area contributed by atoms with Crippen molar-refractivity contribution in [1.29, 1.82) is 0 Å². The van der Waals surface area contributed by atoms with Gasteiger partial charge >= 0.3 is 0 Å². The molecule has 1 aliphatic carbocycles. The molecule has 88 valence electrons. The molecule has 0 aromatic carbocycles. The van der Waals surface area contributed by atoms with Crippen LogP contribution in [0, 0.1) is 11.8 Å². The second kappa shape index (κ2) is 4.84. The second-order valence-electron chi connectivity index (χ2n) is 5.24. The van der Waals surface area contributed by atoms with Gasteiger partial charge < -0.3 is 9.47 Å². The average Bonchev–Trinajstić information content (AvgIpc) is 2.30. The Labute approximate surface area is 93.3 Å². The van der Waals surface area contributed by atoms with Gasteiger partial charge in [0.05, 0.1) is 13.2 Å². The largest absolute Gasteiger partial charge is 0.350 e. The van der Waals surface area contributed by atoms with Gasteiger partial charge in [-0.2, -0.15) is 0 Å². The summed E-state index contributed by atoms with van der Waals surface area (Å²) in [5, 5.41) is 0. The zero-order valence-corrected chi connectivity index (χ0v) is 10.1. The standard InChI is InChI=1S/C13H24O2/c1-3-11(2)12-9-14-13(15-10-12)7-5-4-6-8-13/h11-12H,3-10H2,1-2H3. The van der Waals surface area contributed by atoms with Crippen LogP contribution in [0.4, 0.5) is 0 Å². The highest BCUT2D eigenvalue weighted by molar-refractivity contribution is 4.80. The van der Waals surface area contributed by atoms with Gasteiger partial charge in [0.1, 0.15) is 0 Å². The molecule has 1 heterocycles. The van der Waals surface area contributed by atoms with Crippen LogP contribution in [0.25, 0.3) is 0 Å². The summed E-state index contributed by atoms with van der Waals surface area (Å²) in [5.74, 6) is 1.16. The van der Waals surface area contributed by atoms with E-state index in [4.69, 9.17) is 9.47 Å². The van der Waals surface area contributed by atoms with E-state index in [0.717, 1.165) is 32.0 Å². The van der Waals surface area contributed by atoms with Gasteiger partial charge in [-0.1, -0.05) is 26.7 Å². The molecule has 1 saturated carbocycles. The van der Waals surface area contributed by atoms with Crippen LogP contribution < -0.4 is 0 Å². The van der Waals surface area contributed by atoms with Gasteiger partial charge in [-0.3, -0.25) is 0 Å². The number of hydrogen-bond donors (Lipinski definition) is 0. The van der Waals surface area contributed by atoms with Crippen molar-refractivity contribution in [2.45, 2.75) is 58.2 Å². The monoisotopic (exact) mass is 212 g/mol. The maximum absolute atomic E-state index is 6.02. The van der Waals surface area contributed by atoms with Gasteiger partial charge in [0.15, 0.2) is 5.79 Å². The molecule has 1 unspecified atom stereocenters. The molecule has 1 aliphatic heterocycles. The predicted molar refractivity (Wildman–Crippen MR) is 60.7 cm³/mol. The van der Waals surface area contributed by atoms with Crippen molar-refractivity contribution < 1.29 is 9.47 Å². The van der Waals surface area contributed by atoms with Gasteiger partial charge in [0, 0.05) is 18.8 Å². The lowest BCUT2D eigenvalue weighted by Crippen LogP contribution is -2.46. The van der Waals surface area contributed by atoms with Gasteiger partial charge in [0.25, 0.3) is 0 Å². The van der Waals surface area contributed by atoms with Crippen molar-refractivity contribution in [2.75, 3.05) is 13.2 Å². The Morgan fingerprint density at radius 3 is 2.27 bits per heavy atom. The fourth-order valence-electron chi connectivity index (χ4n) is 2.65. The Bertz CT molecular complexity index is 187. The minimum Gasteiger partial charge on any atom is -0.350 e. The van der Waals surface area contributed by atoms with Crippen LogP contribution in [0.5, 0.6) is 0 Å². The summed E-state index contributed by atoms with van der Waals surface area (Å²) in [6, 6.07) is 0. The zero-order chi connectivity index (χ0) is 10.7. The van der Waals surface area contributed by atoms with Gasteiger partial charge in [-0.05, 0) is 18.8 Å². The van der Waals surface area contributed by atoms with E-state index in [1.807, 2.05) is 0 Å². The molecule has 0 radical (unpaired) electrons. The van der Waals surface area contributed by atoms with Crippen molar-refractivity contribution >= 4 is 0 Å². The van der Waals surface area contributed by atoms with Crippen molar-refractivity contribution in [1.82, 2.24) is 0 Å². The van der Waals surface area contributed by atoms with E-state index in [2.05, 4.69) is 13.8 Å². The molecule has 2 aliphatic rings. The molecule has 2 heteroatoms. The van der Waals surface area contributed by atoms with E-state index in [-0.39, 0.29) is 5.79 Å². The minimum atomic E-state index is -0.178. The zero-order valence-electron chi connectivity index (χ0n) is 10.1. The molecule has 15 heavy (non-hydrogen) atoms. The Hall–Kier alpha value is -0.0800. The number of rotatable bonds is 2. The lowest BCUT2D eigenvalue weighted by atomic mass is 9.89. The number of ether oxygens (including phenoxy) is 2. The second-order valence-corrected chi connectivity index (χ2v) is 5.24. The molecule has 2 rings (SSSR count). The molecule has 0 N–H and O–H groups in total. The fourth-order valence-corrected chi connectivity index (χ4v) is 2.65. The summed E-state index contributed by atoms with van der Waals surface area (Å²) in [6.07, 6.45) is 7.34. The lowest BCUT2D eigenvalue weighted by molar-refractivity contribution is -0.299. The van der Waals surface area contributed by atoms with Crippen LogP contribution in [-0.4, -0.2) is 19.0 Å². The molecule has 0 amide bonds. The summed E-state index contributed by atoms with van der Waals surface area (Å²) in [4.78, 5) is 0. The first-order valence-corrected chi connectivity index (χ1v) is 6.54. The van der Waals surface area contributed by atoms with E-state index in [0.29, 0.717) is 5.92 Å². The van der Waals surface area contributed by atoms with Crippen molar-refractivity contribution in [2.24, 2.45) is 11.8 Å². The SMILES string of the molecule is CCC(C)C1COC2(CCCCC2)OC1. The average molecular weight is 212 g/mol. The fraction of sp³-hybridized carbons (Fsp3) is 1.00. The topological polar surface area (TPSA) is 18.5 Å². The summed E-state index contributed by atoms with van der Waals surface area (Å²) >= 11 is 0. The van der Waals surface area contributed by atoms with Gasteiger partial charge in [-0.25, -0.2) is 0 Å². The lowest BCUT2D eigenvalue weighted by Gasteiger charge is -2.43. The van der Waals surface area contributed by atoms with Crippen LogP contribution in [0.3, 0.4) is 0 Å². The first-order chi connectivity index (χ1) is 7.26. The highest BCUT2D eigenvalue weighted by Crippen LogP contribution is 2.37. The molecular weight excluding hydrogens is 188 g/mol. The van der Waals surface area contributed by atoms with Crippen molar-refractivity contribution in [3.05, 3.63) is 0 Å². The smallest absolute Gasteiger partial charge is 0.168 e. The van der Waals surface area contributed by atoms with Crippen LogP contribution in [-0.2, 0) is 9.47 Å². The van der Waals surface area contributed by atoms with E-state index in [9.17, 15) is 0 Å². The van der Waals surface area contributed by atoms with Gasteiger partial charge in [0.2, 0.25) is 0 Å². The maximum atomic E-state index is 6.02. The molecule has 1 atom stereocenters. The Morgan fingerprint density at radius 2 is 1.73 bits per heavy atom. The van der Waals surface area contributed by atoms with E-state index in [1.165, 1.54) is 25.7 Å². The highest BCUT2D eigenvalue weighted by Gasteiger charge is 2.39. The molecule has 0 bridgehead atoms. The minimum absolute atomic E-state index is 0.178. The first-order valence-electron chi connectivity index (χ1n) is 6.54. The molecule has 0 aromatic rings. The van der Waals surface area contributed by atoms with Crippen LogP contribution >= 0.6 is 0 Å². The molecule has 1 saturated heterocycles. The molecular formula is C13H24O2. The van der Waals surface area contributed by atoms with Gasteiger partial charge in [-0.15, -0.1) is 0 Å². The third-order valence-electron chi connectivity index (χ3n) is 4.18. The van der Waals surface area contributed by atoms with E-state index in [1.54, 1.807) is 0 Å².